The van der Waals surface area contributed by atoms with Crippen LogP contribution in [0.1, 0.15) is 27.5 Å². The molecule has 8 heteroatoms. The minimum Gasteiger partial charge on any atom is -0.480 e. The number of amides is 1. The molecule has 1 amide bonds. The first kappa shape index (κ1) is 16.8. The molecule has 0 saturated carbocycles. The monoisotopic (exact) mass is 321 g/mol. The van der Waals surface area contributed by atoms with E-state index in [9.17, 15) is 9.59 Å². The summed E-state index contributed by atoms with van der Waals surface area (Å²) in [7, 11) is 1.38. The highest BCUT2D eigenvalue weighted by molar-refractivity contribution is 5.98. The molecule has 1 unspecified atom stereocenters. The highest BCUT2D eigenvalue weighted by Gasteiger charge is 2.24. The summed E-state index contributed by atoms with van der Waals surface area (Å²) < 4.78 is 11.6. The summed E-state index contributed by atoms with van der Waals surface area (Å²) in [5, 5.41) is 15.5. The van der Waals surface area contributed by atoms with Crippen LogP contribution in [0.15, 0.2) is 16.7 Å². The Morgan fingerprint density at radius 2 is 2.09 bits per heavy atom. The topological polar surface area (TPSA) is 107 Å². The van der Waals surface area contributed by atoms with Gasteiger partial charge in [-0.1, -0.05) is 5.16 Å². The first-order valence-corrected chi connectivity index (χ1v) is 7.00. The molecule has 0 aromatic carbocycles. The van der Waals surface area contributed by atoms with Gasteiger partial charge in [-0.3, -0.25) is 9.36 Å². The van der Waals surface area contributed by atoms with E-state index in [0.717, 1.165) is 5.69 Å². The van der Waals surface area contributed by atoms with Gasteiger partial charge in [0.2, 0.25) is 0 Å². The largest absolute Gasteiger partial charge is 0.480 e. The van der Waals surface area contributed by atoms with Crippen LogP contribution in [-0.4, -0.2) is 46.5 Å². The SMILES string of the molecule is COCC(NC(=O)c1cc(C)n(-c2cc(C)on2)c1C)C(=O)O. The van der Waals surface area contributed by atoms with Crippen LogP contribution >= 0.6 is 0 Å². The maximum atomic E-state index is 12.4. The van der Waals surface area contributed by atoms with Crippen molar-refractivity contribution < 1.29 is 24.0 Å². The molecule has 23 heavy (non-hydrogen) atoms. The normalized spacial score (nSPS) is 12.2. The first-order chi connectivity index (χ1) is 10.8. The smallest absolute Gasteiger partial charge is 0.328 e. The highest BCUT2D eigenvalue weighted by Crippen LogP contribution is 2.20. The van der Waals surface area contributed by atoms with Gasteiger partial charge in [-0.05, 0) is 26.8 Å². The Balaban J connectivity index is 2.30. The number of ether oxygens (including phenoxy) is 1. The van der Waals surface area contributed by atoms with Crippen molar-refractivity contribution in [2.24, 2.45) is 0 Å². The minimum absolute atomic E-state index is 0.109. The first-order valence-electron chi connectivity index (χ1n) is 7.00. The quantitative estimate of drug-likeness (QED) is 0.828. The predicted molar refractivity (Wildman–Crippen MR) is 80.8 cm³/mol. The standard InChI is InChI=1S/C15H19N3O5/c1-8-5-11(14(19)16-12(7-22-4)15(20)21)10(3)18(8)13-6-9(2)23-17-13/h5-6,12H,7H2,1-4H3,(H,16,19)(H,20,21). The molecule has 2 heterocycles. The zero-order valence-corrected chi connectivity index (χ0v) is 13.4. The Morgan fingerprint density at radius 1 is 1.39 bits per heavy atom. The Kier molecular flexibility index (Phi) is 4.85. The van der Waals surface area contributed by atoms with Crippen molar-refractivity contribution in [2.75, 3.05) is 13.7 Å². The Hall–Kier alpha value is -2.61. The van der Waals surface area contributed by atoms with E-state index in [1.165, 1.54) is 7.11 Å². The van der Waals surface area contributed by atoms with E-state index in [2.05, 4.69) is 10.5 Å². The van der Waals surface area contributed by atoms with Crippen LogP contribution in [0, 0.1) is 20.8 Å². The lowest BCUT2D eigenvalue weighted by Crippen LogP contribution is -2.43. The van der Waals surface area contributed by atoms with E-state index in [-0.39, 0.29) is 6.61 Å². The Morgan fingerprint density at radius 3 is 2.61 bits per heavy atom. The summed E-state index contributed by atoms with van der Waals surface area (Å²) in [5.74, 6) is -0.400. The molecule has 0 aliphatic rings. The zero-order chi connectivity index (χ0) is 17.1. The molecule has 0 spiro atoms. The van der Waals surface area contributed by atoms with E-state index >= 15 is 0 Å². The van der Waals surface area contributed by atoms with Gasteiger partial charge >= 0.3 is 5.97 Å². The third-order valence-electron chi connectivity index (χ3n) is 3.46. The molecule has 0 fully saturated rings. The van der Waals surface area contributed by atoms with Crippen molar-refractivity contribution in [3.05, 3.63) is 34.8 Å². The molecule has 0 saturated heterocycles. The predicted octanol–water partition coefficient (Wildman–Crippen LogP) is 1.22. The summed E-state index contributed by atoms with van der Waals surface area (Å²) in [4.78, 5) is 23.5. The number of carbonyl (C=O) groups excluding carboxylic acids is 1. The van der Waals surface area contributed by atoms with Gasteiger partial charge in [-0.15, -0.1) is 0 Å². The summed E-state index contributed by atoms with van der Waals surface area (Å²) >= 11 is 0. The number of nitrogens with zero attached hydrogens (tertiary/aromatic N) is 2. The number of rotatable bonds is 6. The number of aliphatic carboxylic acids is 1. The Labute approximate surface area is 133 Å². The molecule has 8 nitrogen and oxygen atoms in total. The fourth-order valence-electron chi connectivity index (χ4n) is 2.38. The summed E-state index contributed by atoms with van der Waals surface area (Å²) in [5.41, 5.74) is 1.82. The van der Waals surface area contributed by atoms with Gasteiger partial charge in [0, 0.05) is 24.6 Å². The van der Waals surface area contributed by atoms with Gasteiger partial charge in [0.1, 0.15) is 5.76 Å². The third kappa shape index (κ3) is 3.42. The van der Waals surface area contributed by atoms with Gasteiger partial charge in [0.25, 0.3) is 5.91 Å². The molecule has 0 radical (unpaired) electrons. The van der Waals surface area contributed by atoms with E-state index in [4.69, 9.17) is 14.4 Å². The van der Waals surface area contributed by atoms with Crippen LogP contribution in [-0.2, 0) is 9.53 Å². The molecule has 0 aliphatic carbocycles. The van der Waals surface area contributed by atoms with Crippen molar-refractivity contribution in [1.82, 2.24) is 15.0 Å². The van der Waals surface area contributed by atoms with Gasteiger partial charge < -0.3 is 19.7 Å². The van der Waals surface area contributed by atoms with E-state index in [0.29, 0.717) is 22.8 Å². The van der Waals surface area contributed by atoms with Crippen molar-refractivity contribution in [3.8, 4) is 5.82 Å². The highest BCUT2D eigenvalue weighted by atomic mass is 16.5. The van der Waals surface area contributed by atoms with Crippen LogP contribution in [0.25, 0.3) is 5.82 Å². The summed E-state index contributed by atoms with van der Waals surface area (Å²) in [6.45, 7) is 5.26. The van der Waals surface area contributed by atoms with E-state index in [1.54, 1.807) is 30.5 Å². The number of hydrogen-bond donors (Lipinski definition) is 2. The van der Waals surface area contributed by atoms with Crippen molar-refractivity contribution >= 4 is 11.9 Å². The lowest BCUT2D eigenvalue weighted by Gasteiger charge is -2.13. The average molecular weight is 321 g/mol. The van der Waals surface area contributed by atoms with Crippen LogP contribution < -0.4 is 5.32 Å². The maximum absolute atomic E-state index is 12.4. The van der Waals surface area contributed by atoms with Gasteiger partial charge in [-0.25, -0.2) is 4.79 Å². The number of hydrogen-bond acceptors (Lipinski definition) is 5. The molecule has 0 aliphatic heterocycles. The molecule has 0 bridgehead atoms. The van der Waals surface area contributed by atoms with Crippen molar-refractivity contribution in [2.45, 2.75) is 26.8 Å². The third-order valence-corrected chi connectivity index (χ3v) is 3.46. The van der Waals surface area contributed by atoms with Crippen molar-refractivity contribution in [1.29, 1.82) is 0 Å². The van der Waals surface area contributed by atoms with Crippen molar-refractivity contribution in [3.63, 3.8) is 0 Å². The van der Waals surface area contributed by atoms with E-state index in [1.807, 2.05) is 6.92 Å². The minimum atomic E-state index is -1.15. The number of carboxylic acid groups (broad SMARTS) is 1. The number of carbonyl (C=O) groups is 2. The number of aromatic nitrogens is 2. The van der Waals surface area contributed by atoms with Crippen LogP contribution in [0.5, 0.6) is 0 Å². The molecule has 2 aromatic rings. The van der Waals surface area contributed by atoms with Crippen LogP contribution in [0.4, 0.5) is 0 Å². The molecule has 2 N–H and O–H groups in total. The second-order valence-corrected chi connectivity index (χ2v) is 5.24. The molecule has 124 valence electrons. The summed E-state index contributed by atoms with van der Waals surface area (Å²) in [6, 6.07) is 2.33. The Bertz CT molecular complexity index is 732. The molecular weight excluding hydrogens is 302 g/mol. The van der Waals surface area contributed by atoms with Gasteiger partial charge in [0.05, 0.1) is 12.2 Å². The fraction of sp³-hybridized carbons (Fsp3) is 0.400. The molecular formula is C15H19N3O5. The van der Waals surface area contributed by atoms with E-state index < -0.39 is 17.9 Å². The number of carboxylic acids is 1. The number of methoxy groups -OCH3 is 1. The van der Waals surface area contributed by atoms with Crippen LogP contribution in [0.3, 0.4) is 0 Å². The molecule has 2 rings (SSSR count). The number of nitrogens with one attached hydrogen (secondary N) is 1. The molecule has 2 aromatic heterocycles. The fourth-order valence-corrected chi connectivity index (χ4v) is 2.38. The summed E-state index contributed by atoms with van der Waals surface area (Å²) in [6.07, 6.45) is 0. The molecule has 1 atom stereocenters. The van der Waals surface area contributed by atoms with Crippen LogP contribution in [0.2, 0.25) is 0 Å². The van der Waals surface area contributed by atoms with Gasteiger partial charge in [-0.2, -0.15) is 0 Å². The number of aryl methyl sites for hydroxylation is 2. The lowest BCUT2D eigenvalue weighted by molar-refractivity contribution is -0.140. The lowest BCUT2D eigenvalue weighted by atomic mass is 10.2. The van der Waals surface area contributed by atoms with Gasteiger partial charge in [0.15, 0.2) is 11.9 Å². The maximum Gasteiger partial charge on any atom is 0.328 e. The average Bonchev–Trinajstić information content (AvgIpc) is 3.01. The second kappa shape index (κ2) is 6.66. The zero-order valence-electron chi connectivity index (χ0n) is 13.4. The second-order valence-electron chi connectivity index (χ2n) is 5.24.